The van der Waals surface area contributed by atoms with Gasteiger partial charge in [0.15, 0.2) is 0 Å². The van der Waals surface area contributed by atoms with Crippen LogP contribution in [0.25, 0.3) is 6.08 Å². The number of hydrogen-bond donors (Lipinski definition) is 0. The number of fused-ring (bicyclic) bond motifs is 1. The maximum atomic E-state index is 4.42. The molecular formula is C8H6IN. The summed E-state index contributed by atoms with van der Waals surface area (Å²) in [6, 6.07) is 8.24. The lowest BCUT2D eigenvalue weighted by Gasteiger charge is -2.00. The minimum atomic E-state index is -0.0298. The maximum absolute atomic E-state index is 4.42. The van der Waals surface area contributed by atoms with E-state index in [0.717, 1.165) is 5.69 Å². The second-order valence-electron chi connectivity index (χ2n) is 2.03. The molecule has 1 aromatic rings. The average molecular weight is 243 g/mol. The van der Waals surface area contributed by atoms with Crippen LogP contribution in [-0.4, -0.2) is 0 Å². The summed E-state index contributed by atoms with van der Waals surface area (Å²) in [6.07, 6.45) is 2.16. The molecule has 50 valence electrons. The summed E-state index contributed by atoms with van der Waals surface area (Å²) >= 11 is -0.0298. The van der Waals surface area contributed by atoms with Crippen LogP contribution in [0.5, 0.6) is 0 Å². The summed E-state index contributed by atoms with van der Waals surface area (Å²) in [5.41, 5.74) is 2.42. The minimum Gasteiger partial charge on any atom is -0.222 e. The highest BCUT2D eigenvalue weighted by atomic mass is 127. The van der Waals surface area contributed by atoms with Crippen molar-refractivity contribution in [1.29, 1.82) is 0 Å². The number of halogens is 1. The standard InChI is InChI=1S/C8H6IN/c1-2-4-8-7(3-1)5-6-9-10-8/h1-6H. The lowest BCUT2D eigenvalue weighted by molar-refractivity contribution is 1.55. The Morgan fingerprint density at radius 2 is 2.10 bits per heavy atom. The summed E-state index contributed by atoms with van der Waals surface area (Å²) in [7, 11) is 0. The average Bonchev–Trinajstić information content (AvgIpc) is 2.05. The SMILES string of the molecule is C1=Cc2ccccc2N=I1. The Labute approximate surface area is 69.9 Å². The topological polar surface area (TPSA) is 12.4 Å². The fourth-order valence-electron chi connectivity index (χ4n) is 0.882. The summed E-state index contributed by atoms with van der Waals surface area (Å²) in [6.45, 7) is 0. The molecule has 0 unspecified atom stereocenters. The van der Waals surface area contributed by atoms with E-state index < -0.39 is 0 Å². The molecule has 0 saturated carbocycles. The van der Waals surface area contributed by atoms with Crippen LogP contribution in [-0.2, 0) is 0 Å². The normalized spacial score (nSPS) is 14.0. The predicted octanol–water partition coefficient (Wildman–Crippen LogP) is 3.46. The van der Waals surface area contributed by atoms with Crippen LogP contribution >= 0.6 is 21.0 Å². The molecular weight excluding hydrogens is 237 g/mol. The monoisotopic (exact) mass is 243 g/mol. The van der Waals surface area contributed by atoms with Gasteiger partial charge in [0.1, 0.15) is 0 Å². The van der Waals surface area contributed by atoms with Gasteiger partial charge in [-0.3, -0.25) is 0 Å². The molecule has 2 rings (SSSR count). The number of hydrogen-bond acceptors (Lipinski definition) is 1. The third kappa shape index (κ3) is 1.03. The van der Waals surface area contributed by atoms with Crippen molar-refractivity contribution in [3.63, 3.8) is 0 Å². The molecule has 0 saturated heterocycles. The van der Waals surface area contributed by atoms with Crippen molar-refractivity contribution < 1.29 is 0 Å². The third-order valence-corrected chi connectivity index (χ3v) is 2.85. The van der Waals surface area contributed by atoms with E-state index in [1.807, 2.05) is 12.1 Å². The van der Waals surface area contributed by atoms with Crippen LogP contribution in [0.2, 0.25) is 0 Å². The van der Waals surface area contributed by atoms with Gasteiger partial charge >= 0.3 is 0 Å². The van der Waals surface area contributed by atoms with E-state index in [9.17, 15) is 0 Å². The van der Waals surface area contributed by atoms with Gasteiger partial charge < -0.3 is 0 Å². The number of nitrogens with zero attached hydrogens (tertiary/aromatic N) is 1. The van der Waals surface area contributed by atoms with E-state index in [0.29, 0.717) is 0 Å². The van der Waals surface area contributed by atoms with Crippen LogP contribution in [0, 0.1) is 0 Å². The van der Waals surface area contributed by atoms with Crippen LogP contribution < -0.4 is 0 Å². The quantitative estimate of drug-likeness (QED) is 0.619. The molecule has 1 aromatic carbocycles. The first-order chi connectivity index (χ1) is 4.97. The molecule has 0 fully saturated rings. The third-order valence-electron chi connectivity index (χ3n) is 1.38. The zero-order valence-corrected chi connectivity index (χ0v) is 7.45. The Hall–Kier alpha value is -0.510. The van der Waals surface area contributed by atoms with Crippen molar-refractivity contribution in [2.24, 2.45) is 3.15 Å². The maximum Gasteiger partial charge on any atom is 0.0763 e. The first-order valence-corrected chi connectivity index (χ1v) is 5.27. The summed E-state index contributed by atoms with van der Waals surface area (Å²) in [5.74, 6) is 0. The molecule has 0 spiro atoms. The Kier molecular flexibility index (Phi) is 1.63. The highest BCUT2D eigenvalue weighted by molar-refractivity contribution is 14.2. The number of rotatable bonds is 0. The minimum absolute atomic E-state index is 0.0298. The van der Waals surface area contributed by atoms with Gasteiger partial charge in [0, 0.05) is 26.6 Å². The molecule has 0 bridgehead atoms. The van der Waals surface area contributed by atoms with E-state index in [2.05, 4.69) is 25.4 Å². The summed E-state index contributed by atoms with van der Waals surface area (Å²) in [4.78, 5) is 0. The second-order valence-corrected chi connectivity index (χ2v) is 3.79. The Bertz CT molecular complexity index is 271. The van der Waals surface area contributed by atoms with Crippen LogP contribution in [0.4, 0.5) is 5.69 Å². The van der Waals surface area contributed by atoms with E-state index in [-0.39, 0.29) is 21.0 Å². The first-order valence-electron chi connectivity index (χ1n) is 3.06. The molecule has 0 aromatic heterocycles. The zero-order chi connectivity index (χ0) is 6.81. The Balaban J connectivity index is 2.65. The van der Waals surface area contributed by atoms with Gasteiger partial charge in [-0.1, -0.05) is 18.2 Å². The fourth-order valence-corrected chi connectivity index (χ4v) is 2.33. The van der Waals surface area contributed by atoms with Crippen molar-refractivity contribution in [2.45, 2.75) is 0 Å². The molecule has 0 radical (unpaired) electrons. The molecule has 1 nitrogen and oxygen atoms in total. The van der Waals surface area contributed by atoms with Crippen molar-refractivity contribution in [3.05, 3.63) is 33.9 Å². The predicted molar refractivity (Wildman–Crippen MR) is 51.6 cm³/mol. The summed E-state index contributed by atoms with van der Waals surface area (Å²) < 4.78 is 6.60. The van der Waals surface area contributed by atoms with Crippen LogP contribution in [0.15, 0.2) is 31.5 Å². The molecule has 1 aliphatic heterocycles. The highest BCUT2D eigenvalue weighted by Crippen LogP contribution is 2.29. The van der Waals surface area contributed by atoms with Gasteiger partial charge in [-0.05, 0) is 16.2 Å². The number of benzene rings is 1. The smallest absolute Gasteiger partial charge is 0.0763 e. The van der Waals surface area contributed by atoms with Crippen molar-refractivity contribution in [2.75, 3.05) is 0 Å². The molecule has 1 aliphatic rings. The molecule has 2 heteroatoms. The molecule has 0 N–H and O–H groups in total. The van der Waals surface area contributed by atoms with Gasteiger partial charge in [0.05, 0.1) is 5.69 Å². The highest BCUT2D eigenvalue weighted by Gasteiger charge is 1.96. The van der Waals surface area contributed by atoms with Crippen LogP contribution in [0.1, 0.15) is 5.56 Å². The first kappa shape index (κ1) is 6.22. The zero-order valence-electron chi connectivity index (χ0n) is 5.29. The van der Waals surface area contributed by atoms with E-state index in [1.54, 1.807) is 0 Å². The van der Waals surface area contributed by atoms with Gasteiger partial charge in [-0.25, -0.2) is 3.15 Å². The molecule has 0 amide bonds. The molecule has 10 heavy (non-hydrogen) atoms. The van der Waals surface area contributed by atoms with Gasteiger partial charge in [0.2, 0.25) is 0 Å². The largest absolute Gasteiger partial charge is 0.222 e. The Morgan fingerprint density at radius 1 is 1.20 bits per heavy atom. The van der Waals surface area contributed by atoms with Crippen molar-refractivity contribution in [1.82, 2.24) is 0 Å². The molecule has 0 atom stereocenters. The van der Waals surface area contributed by atoms with E-state index in [4.69, 9.17) is 0 Å². The van der Waals surface area contributed by atoms with Gasteiger partial charge in [0.25, 0.3) is 0 Å². The molecule has 0 aliphatic carbocycles. The van der Waals surface area contributed by atoms with Gasteiger partial charge in [-0.15, -0.1) is 0 Å². The van der Waals surface area contributed by atoms with Crippen molar-refractivity contribution in [3.8, 4) is 0 Å². The fraction of sp³-hybridized carbons (Fsp3) is 0. The summed E-state index contributed by atoms with van der Waals surface area (Å²) in [5, 5.41) is 0. The Morgan fingerprint density at radius 3 is 3.00 bits per heavy atom. The van der Waals surface area contributed by atoms with Crippen LogP contribution in [0.3, 0.4) is 0 Å². The van der Waals surface area contributed by atoms with E-state index in [1.165, 1.54) is 5.56 Å². The lowest BCUT2D eigenvalue weighted by Crippen LogP contribution is -1.72. The lowest BCUT2D eigenvalue weighted by atomic mass is 10.2. The van der Waals surface area contributed by atoms with E-state index >= 15 is 0 Å². The molecule has 1 heterocycles. The van der Waals surface area contributed by atoms with Crippen molar-refractivity contribution >= 4 is 32.8 Å². The second kappa shape index (κ2) is 2.62. The van der Waals surface area contributed by atoms with Gasteiger partial charge in [-0.2, -0.15) is 0 Å².